The SMILES string of the molecule is C[C@]12CC[C@H]3[C@]4(C=C[C@@]5(C=C4C(=O)C4CCCCC4)CC(O)CC[C@]35C)[C@@H]1CC[C@@]2(O)CSc1n[nH]c(-c2ccncc2)n1. The van der Waals surface area contributed by atoms with Crippen molar-refractivity contribution in [2.24, 2.45) is 39.4 Å². The molecule has 0 aromatic carbocycles. The van der Waals surface area contributed by atoms with Crippen LogP contribution < -0.4 is 0 Å². The Labute approximate surface area is 264 Å². The van der Waals surface area contributed by atoms with Gasteiger partial charge in [-0.3, -0.25) is 14.9 Å². The van der Waals surface area contributed by atoms with Crippen molar-refractivity contribution in [2.45, 2.75) is 108 Å². The summed E-state index contributed by atoms with van der Waals surface area (Å²) in [5, 5.41) is 31.7. The van der Waals surface area contributed by atoms with Crippen molar-refractivity contribution >= 4 is 17.5 Å². The number of nitrogens with one attached hydrogen (secondary N) is 1. The van der Waals surface area contributed by atoms with Crippen molar-refractivity contribution in [3.8, 4) is 11.4 Å². The van der Waals surface area contributed by atoms with Gasteiger partial charge in [0.2, 0.25) is 5.16 Å². The first-order chi connectivity index (χ1) is 21.1. The molecule has 1 unspecified atom stereocenters. The van der Waals surface area contributed by atoms with Gasteiger partial charge in [-0.1, -0.05) is 63.1 Å². The van der Waals surface area contributed by atoms with E-state index in [2.05, 4.69) is 47.3 Å². The fourth-order valence-corrected chi connectivity index (χ4v) is 12.4. The third-order valence-corrected chi connectivity index (χ3v) is 14.9. The van der Waals surface area contributed by atoms with Crippen LogP contribution in [0.3, 0.4) is 0 Å². The number of aliphatic hydroxyl groups excluding tert-OH is 1. The lowest BCUT2D eigenvalue weighted by atomic mass is 9.32. The van der Waals surface area contributed by atoms with E-state index in [4.69, 9.17) is 4.98 Å². The minimum absolute atomic E-state index is 0.0104. The fourth-order valence-electron chi connectivity index (χ4n) is 11.3. The number of thioether (sulfide) groups is 1. The second kappa shape index (κ2) is 10.1. The number of carbonyl (C=O) groups is 1. The summed E-state index contributed by atoms with van der Waals surface area (Å²) in [6, 6.07) is 3.82. The highest BCUT2D eigenvalue weighted by Gasteiger charge is 2.74. The summed E-state index contributed by atoms with van der Waals surface area (Å²) in [5.74, 6) is 2.26. The Bertz CT molecular complexity index is 1520. The van der Waals surface area contributed by atoms with E-state index in [-0.39, 0.29) is 39.6 Å². The zero-order valence-corrected chi connectivity index (χ0v) is 26.9. The Kier molecular flexibility index (Phi) is 6.69. The predicted octanol–water partition coefficient (Wildman–Crippen LogP) is 6.70. The molecule has 0 aliphatic heterocycles. The lowest BCUT2D eigenvalue weighted by Gasteiger charge is -2.71. The summed E-state index contributed by atoms with van der Waals surface area (Å²) in [6.45, 7) is 4.78. The van der Waals surface area contributed by atoms with E-state index in [1.54, 1.807) is 12.4 Å². The summed E-state index contributed by atoms with van der Waals surface area (Å²) in [5.41, 5.74) is 0.165. The van der Waals surface area contributed by atoms with Gasteiger partial charge in [-0.2, -0.15) is 0 Å². The number of nitrogens with zero attached hydrogens (tertiary/aromatic N) is 3. The second-order valence-electron chi connectivity index (χ2n) is 15.5. The second-order valence-corrected chi connectivity index (χ2v) is 16.4. The molecule has 8 atom stereocenters. The molecular weight excluding hydrogens is 568 g/mol. The molecule has 7 nitrogen and oxygen atoms in total. The number of aromatic nitrogens is 4. The number of rotatable bonds is 6. The normalized spacial score (nSPS) is 42.8. The smallest absolute Gasteiger partial charge is 0.208 e. The van der Waals surface area contributed by atoms with Gasteiger partial charge in [-0.25, -0.2) is 4.98 Å². The van der Waals surface area contributed by atoms with Crippen molar-refractivity contribution in [3.05, 3.63) is 48.3 Å². The highest BCUT2D eigenvalue weighted by atomic mass is 32.2. The van der Waals surface area contributed by atoms with Gasteiger partial charge in [0.05, 0.1) is 11.7 Å². The molecule has 2 bridgehead atoms. The monoisotopic (exact) mass is 614 g/mol. The lowest BCUT2D eigenvalue weighted by molar-refractivity contribution is -0.171. The van der Waals surface area contributed by atoms with E-state index in [1.807, 2.05) is 12.1 Å². The third-order valence-electron chi connectivity index (χ3n) is 13.8. The van der Waals surface area contributed by atoms with E-state index in [0.29, 0.717) is 34.9 Å². The van der Waals surface area contributed by atoms with Crippen LogP contribution in [-0.2, 0) is 4.79 Å². The van der Waals surface area contributed by atoms with Gasteiger partial charge < -0.3 is 10.2 Å². The van der Waals surface area contributed by atoms with E-state index in [1.165, 1.54) is 18.2 Å². The van der Waals surface area contributed by atoms with Gasteiger partial charge in [0.25, 0.3) is 0 Å². The van der Waals surface area contributed by atoms with Crippen LogP contribution in [0.1, 0.15) is 90.9 Å². The van der Waals surface area contributed by atoms with Crippen molar-refractivity contribution in [1.82, 2.24) is 20.2 Å². The molecule has 8 heteroatoms. The predicted molar refractivity (Wildman–Crippen MR) is 170 cm³/mol. The van der Waals surface area contributed by atoms with Crippen LogP contribution in [0.25, 0.3) is 11.4 Å². The fraction of sp³-hybridized carbons (Fsp3) is 0.667. The Morgan fingerprint density at radius 3 is 2.50 bits per heavy atom. The summed E-state index contributed by atoms with van der Waals surface area (Å²) in [4.78, 5) is 23.5. The van der Waals surface area contributed by atoms with Crippen LogP contribution in [0, 0.1) is 39.4 Å². The molecule has 4 fully saturated rings. The Balaban J connectivity index is 1.14. The molecule has 234 valence electrons. The van der Waals surface area contributed by atoms with Gasteiger partial charge in [-0.15, -0.1) is 5.10 Å². The molecule has 2 heterocycles. The molecule has 0 amide bonds. The molecule has 2 aromatic heterocycles. The molecule has 7 aliphatic rings. The van der Waals surface area contributed by atoms with E-state index in [9.17, 15) is 15.0 Å². The number of aromatic amines is 1. The molecule has 7 aliphatic carbocycles. The standard InChI is InChI=1S/C36H46N4O3S/c1-32-13-8-25(41)20-34(32)16-17-36(26(21-34)29(42)23-6-4-3-5-7-23)27(32)9-14-33(2)28(36)10-15-35(33,43)22-44-31-38-30(39-40-31)24-11-18-37-19-12-24/h11-12,16-19,21,23,25,27-28,41,43H,3-10,13-15,20,22H2,1-2H3,(H,38,39,40)/t25?,27-,28-,32-,33+,34+,35-,36-/m1/s1. The first kappa shape index (κ1) is 29.1. The number of aliphatic hydroxyl groups is 2. The lowest BCUT2D eigenvalue weighted by Crippen LogP contribution is -2.67. The Hall–Kier alpha value is -2.29. The number of pyridine rings is 1. The topological polar surface area (TPSA) is 112 Å². The van der Waals surface area contributed by atoms with Crippen LogP contribution in [0.5, 0.6) is 0 Å². The van der Waals surface area contributed by atoms with Gasteiger partial charge in [0, 0.05) is 51.4 Å². The first-order valence-corrected chi connectivity index (χ1v) is 18.0. The molecule has 4 saturated carbocycles. The summed E-state index contributed by atoms with van der Waals surface area (Å²) >= 11 is 1.53. The van der Waals surface area contributed by atoms with Crippen molar-refractivity contribution in [3.63, 3.8) is 0 Å². The van der Waals surface area contributed by atoms with E-state index in [0.717, 1.165) is 75.3 Å². The number of ketones is 1. The van der Waals surface area contributed by atoms with Crippen molar-refractivity contribution in [2.75, 3.05) is 5.75 Å². The number of fused-ring (bicyclic) bond motifs is 1. The van der Waals surface area contributed by atoms with Gasteiger partial charge in [0.15, 0.2) is 11.6 Å². The molecule has 9 rings (SSSR count). The maximum absolute atomic E-state index is 14.7. The first-order valence-electron chi connectivity index (χ1n) is 17.0. The molecule has 2 aromatic rings. The average molecular weight is 615 g/mol. The molecule has 2 spiro atoms. The van der Waals surface area contributed by atoms with E-state index >= 15 is 0 Å². The maximum atomic E-state index is 14.7. The van der Waals surface area contributed by atoms with Gasteiger partial charge in [-0.05, 0) is 87.2 Å². The van der Waals surface area contributed by atoms with Gasteiger partial charge >= 0.3 is 0 Å². The van der Waals surface area contributed by atoms with Crippen molar-refractivity contribution in [1.29, 1.82) is 0 Å². The van der Waals surface area contributed by atoms with Crippen LogP contribution >= 0.6 is 11.8 Å². The summed E-state index contributed by atoms with van der Waals surface area (Å²) in [6.07, 6.45) is 22.0. The zero-order chi connectivity index (χ0) is 30.4. The number of H-pyrrole nitrogens is 1. The summed E-state index contributed by atoms with van der Waals surface area (Å²) < 4.78 is 0. The molecule has 44 heavy (non-hydrogen) atoms. The molecule has 3 N–H and O–H groups in total. The van der Waals surface area contributed by atoms with Crippen molar-refractivity contribution < 1.29 is 15.0 Å². The molecule has 0 radical (unpaired) electrons. The minimum atomic E-state index is -0.887. The minimum Gasteiger partial charge on any atom is -0.393 e. The number of hydrogen-bond donors (Lipinski definition) is 3. The maximum Gasteiger partial charge on any atom is 0.208 e. The van der Waals surface area contributed by atoms with Gasteiger partial charge in [0.1, 0.15) is 0 Å². The molecular formula is C36H46N4O3S. The summed E-state index contributed by atoms with van der Waals surface area (Å²) in [7, 11) is 0. The quantitative estimate of drug-likeness (QED) is 0.245. The highest BCUT2D eigenvalue weighted by Crippen LogP contribution is 2.78. The number of allylic oxidation sites excluding steroid dienone is 4. The van der Waals surface area contributed by atoms with Crippen LogP contribution in [0.4, 0.5) is 0 Å². The van der Waals surface area contributed by atoms with Crippen LogP contribution in [0.2, 0.25) is 0 Å². The molecule has 0 saturated heterocycles. The van der Waals surface area contributed by atoms with Crippen LogP contribution in [-0.4, -0.2) is 53.6 Å². The number of Topliss-reactive ketones (excluding diaryl/α,β-unsaturated/α-hetero) is 1. The highest BCUT2D eigenvalue weighted by molar-refractivity contribution is 7.99. The Morgan fingerprint density at radius 1 is 0.977 bits per heavy atom. The number of hydrogen-bond acceptors (Lipinski definition) is 7. The van der Waals surface area contributed by atoms with Crippen LogP contribution in [0.15, 0.2) is 53.5 Å². The largest absolute Gasteiger partial charge is 0.393 e. The zero-order valence-electron chi connectivity index (χ0n) is 26.1. The Morgan fingerprint density at radius 2 is 1.70 bits per heavy atom. The average Bonchev–Trinajstić information content (AvgIpc) is 3.63. The number of carbonyl (C=O) groups excluding carboxylic acids is 1. The third kappa shape index (κ3) is 3.89. The van der Waals surface area contributed by atoms with E-state index < -0.39 is 5.60 Å².